The number of nitrogens with two attached hydrogens (primary N) is 1. The fraction of sp³-hybridized carbons (Fsp3) is 0.143. The first-order chi connectivity index (χ1) is 9.66. The van der Waals surface area contributed by atoms with Crippen LogP contribution in [0.15, 0.2) is 42.6 Å². The average Bonchev–Trinajstić information content (AvgIpc) is 2.43. The highest BCUT2D eigenvalue weighted by Gasteiger charge is 2.07. The predicted octanol–water partition coefficient (Wildman–Crippen LogP) is 2.72. The van der Waals surface area contributed by atoms with Crippen molar-refractivity contribution in [1.82, 2.24) is 4.98 Å². The number of carbonyl (C=O) groups excluding carboxylic acids is 1. The van der Waals surface area contributed by atoms with E-state index in [-0.39, 0.29) is 24.1 Å². The van der Waals surface area contributed by atoms with Gasteiger partial charge in [-0.25, -0.2) is 4.98 Å². The molecule has 1 heterocycles. The van der Waals surface area contributed by atoms with Crippen LogP contribution in [0.5, 0.6) is 5.75 Å². The van der Waals surface area contributed by atoms with Crippen molar-refractivity contribution in [1.29, 1.82) is 0 Å². The van der Waals surface area contributed by atoms with E-state index in [2.05, 4.69) is 10.3 Å². The topological polar surface area (TPSA) is 77.2 Å². The smallest absolute Gasteiger partial charge is 0.227 e. The Bertz CT molecular complexity index is 604. The van der Waals surface area contributed by atoms with Gasteiger partial charge < -0.3 is 15.8 Å². The molecule has 0 atom stereocenters. The summed E-state index contributed by atoms with van der Waals surface area (Å²) in [5.41, 5.74) is 6.76. The van der Waals surface area contributed by atoms with Crippen LogP contribution in [-0.4, -0.2) is 17.5 Å². The number of halogens is 1. The first-order valence-corrected chi connectivity index (χ1v) is 6.42. The molecule has 0 radical (unpaired) electrons. The van der Waals surface area contributed by atoms with E-state index >= 15 is 0 Å². The van der Waals surface area contributed by atoms with Crippen LogP contribution in [0.4, 0.5) is 11.4 Å². The lowest BCUT2D eigenvalue weighted by atomic mass is 10.3. The number of carbonyl (C=O) groups is 1. The molecule has 1 aromatic carbocycles. The summed E-state index contributed by atoms with van der Waals surface area (Å²) in [6, 6.07) is 10.5. The molecular formula is C14H14ClN3O2. The number of amides is 1. The lowest BCUT2D eigenvalue weighted by Gasteiger charge is -2.09. The summed E-state index contributed by atoms with van der Waals surface area (Å²) < 4.78 is 5.44. The molecule has 3 N–H and O–H groups in total. The standard InChI is InChI=1S/C14H14ClN3O2/c15-14-11(5-3-8-17-14)18-13(19)7-9-20-12-6-2-1-4-10(12)16/h1-6,8H,7,9,16H2,(H,18,19). The molecule has 0 fully saturated rings. The summed E-state index contributed by atoms with van der Waals surface area (Å²) in [4.78, 5) is 15.6. The van der Waals surface area contributed by atoms with Gasteiger partial charge in [-0.05, 0) is 24.3 Å². The van der Waals surface area contributed by atoms with Gasteiger partial charge in [0, 0.05) is 6.20 Å². The highest BCUT2D eigenvalue weighted by molar-refractivity contribution is 6.32. The molecule has 0 spiro atoms. The van der Waals surface area contributed by atoms with E-state index in [1.165, 1.54) is 0 Å². The number of nitrogen functional groups attached to an aromatic ring is 1. The van der Waals surface area contributed by atoms with Gasteiger partial charge in [-0.2, -0.15) is 0 Å². The molecule has 20 heavy (non-hydrogen) atoms. The third kappa shape index (κ3) is 3.86. The zero-order chi connectivity index (χ0) is 14.4. The molecule has 0 bridgehead atoms. The monoisotopic (exact) mass is 291 g/mol. The van der Waals surface area contributed by atoms with E-state index in [9.17, 15) is 4.79 Å². The maximum atomic E-state index is 11.7. The van der Waals surface area contributed by atoms with Crippen LogP contribution >= 0.6 is 11.6 Å². The number of hydrogen-bond donors (Lipinski definition) is 2. The van der Waals surface area contributed by atoms with Gasteiger partial charge in [0.05, 0.1) is 24.4 Å². The number of anilines is 2. The van der Waals surface area contributed by atoms with Gasteiger partial charge in [-0.3, -0.25) is 4.79 Å². The summed E-state index contributed by atoms with van der Waals surface area (Å²) in [6.45, 7) is 0.234. The lowest BCUT2D eigenvalue weighted by molar-refractivity contribution is -0.116. The van der Waals surface area contributed by atoms with E-state index in [4.69, 9.17) is 22.1 Å². The van der Waals surface area contributed by atoms with Crippen molar-refractivity contribution in [3.63, 3.8) is 0 Å². The molecule has 6 heteroatoms. The Labute approximate surface area is 121 Å². The van der Waals surface area contributed by atoms with Crippen molar-refractivity contribution in [3.8, 4) is 5.75 Å². The summed E-state index contributed by atoms with van der Waals surface area (Å²) in [7, 11) is 0. The second kappa shape index (κ2) is 6.77. The van der Waals surface area contributed by atoms with Crippen molar-refractivity contribution in [2.24, 2.45) is 0 Å². The molecule has 1 amide bonds. The Morgan fingerprint density at radius 2 is 2.10 bits per heavy atom. The van der Waals surface area contributed by atoms with E-state index in [0.717, 1.165) is 0 Å². The van der Waals surface area contributed by atoms with Crippen LogP contribution in [-0.2, 0) is 4.79 Å². The molecule has 2 rings (SSSR count). The fourth-order valence-electron chi connectivity index (χ4n) is 1.56. The van der Waals surface area contributed by atoms with E-state index < -0.39 is 0 Å². The molecule has 0 aliphatic carbocycles. The number of rotatable bonds is 5. The average molecular weight is 292 g/mol. The molecule has 104 valence electrons. The third-order valence-electron chi connectivity index (χ3n) is 2.54. The number of nitrogens with zero attached hydrogens (tertiary/aromatic N) is 1. The first kappa shape index (κ1) is 14.1. The highest BCUT2D eigenvalue weighted by atomic mass is 35.5. The van der Waals surface area contributed by atoms with Crippen molar-refractivity contribution < 1.29 is 9.53 Å². The Hall–Kier alpha value is -2.27. The SMILES string of the molecule is Nc1ccccc1OCCC(=O)Nc1cccnc1Cl. The second-order valence-electron chi connectivity index (χ2n) is 4.03. The first-order valence-electron chi connectivity index (χ1n) is 6.04. The number of ether oxygens (including phenoxy) is 1. The number of pyridine rings is 1. The molecule has 1 aromatic heterocycles. The summed E-state index contributed by atoms with van der Waals surface area (Å²) in [5.74, 6) is 0.370. The number of benzene rings is 1. The minimum Gasteiger partial charge on any atom is -0.491 e. The molecule has 0 aliphatic rings. The minimum atomic E-state index is -0.200. The molecule has 5 nitrogen and oxygen atoms in total. The Kier molecular flexibility index (Phi) is 4.79. The maximum absolute atomic E-state index is 11.7. The Morgan fingerprint density at radius 3 is 2.85 bits per heavy atom. The minimum absolute atomic E-state index is 0.194. The number of aromatic nitrogens is 1. The summed E-state index contributed by atoms with van der Waals surface area (Å²) >= 11 is 5.85. The second-order valence-corrected chi connectivity index (χ2v) is 4.38. The summed E-state index contributed by atoms with van der Waals surface area (Å²) in [5, 5.41) is 2.92. The Balaban J connectivity index is 1.82. The van der Waals surface area contributed by atoms with Gasteiger partial charge in [0.15, 0.2) is 5.15 Å². The third-order valence-corrected chi connectivity index (χ3v) is 2.84. The molecule has 0 aliphatic heterocycles. The zero-order valence-corrected chi connectivity index (χ0v) is 11.4. The van der Waals surface area contributed by atoms with Crippen LogP contribution in [0.1, 0.15) is 6.42 Å². The summed E-state index contributed by atoms with van der Waals surface area (Å²) in [6.07, 6.45) is 1.75. The van der Waals surface area contributed by atoms with Crippen LogP contribution < -0.4 is 15.8 Å². The van der Waals surface area contributed by atoms with Crippen molar-refractivity contribution in [3.05, 3.63) is 47.7 Å². The van der Waals surface area contributed by atoms with Crippen LogP contribution in [0.3, 0.4) is 0 Å². The van der Waals surface area contributed by atoms with Crippen molar-refractivity contribution in [2.75, 3.05) is 17.7 Å². The van der Waals surface area contributed by atoms with Crippen LogP contribution in [0.2, 0.25) is 5.15 Å². The van der Waals surface area contributed by atoms with Gasteiger partial charge in [-0.15, -0.1) is 0 Å². The van der Waals surface area contributed by atoms with Crippen LogP contribution in [0.25, 0.3) is 0 Å². The highest BCUT2D eigenvalue weighted by Crippen LogP contribution is 2.20. The molecule has 0 unspecified atom stereocenters. The number of nitrogens with one attached hydrogen (secondary N) is 1. The van der Waals surface area contributed by atoms with Crippen molar-refractivity contribution >= 4 is 28.9 Å². The largest absolute Gasteiger partial charge is 0.491 e. The lowest BCUT2D eigenvalue weighted by Crippen LogP contribution is -2.15. The van der Waals surface area contributed by atoms with E-state index in [0.29, 0.717) is 17.1 Å². The molecular weight excluding hydrogens is 278 g/mol. The van der Waals surface area contributed by atoms with E-state index in [1.54, 1.807) is 30.5 Å². The zero-order valence-electron chi connectivity index (χ0n) is 10.7. The van der Waals surface area contributed by atoms with Gasteiger partial charge >= 0.3 is 0 Å². The molecule has 2 aromatic rings. The van der Waals surface area contributed by atoms with Gasteiger partial charge in [0.1, 0.15) is 5.75 Å². The van der Waals surface area contributed by atoms with Crippen molar-refractivity contribution in [2.45, 2.75) is 6.42 Å². The van der Waals surface area contributed by atoms with Gasteiger partial charge in [0.2, 0.25) is 5.91 Å². The quantitative estimate of drug-likeness (QED) is 0.656. The number of hydrogen-bond acceptors (Lipinski definition) is 4. The molecule has 0 saturated carbocycles. The molecule has 0 saturated heterocycles. The van der Waals surface area contributed by atoms with Gasteiger partial charge in [-0.1, -0.05) is 23.7 Å². The predicted molar refractivity (Wildman–Crippen MR) is 78.8 cm³/mol. The van der Waals surface area contributed by atoms with Gasteiger partial charge in [0.25, 0.3) is 0 Å². The Morgan fingerprint density at radius 1 is 1.30 bits per heavy atom. The fourth-order valence-corrected chi connectivity index (χ4v) is 1.72. The van der Waals surface area contributed by atoms with E-state index in [1.807, 2.05) is 12.1 Å². The number of para-hydroxylation sites is 2. The van der Waals surface area contributed by atoms with Crippen LogP contribution in [0, 0.1) is 0 Å². The maximum Gasteiger partial charge on any atom is 0.227 e. The normalized spacial score (nSPS) is 10.1.